The number of aliphatic imine (C=N–C) groups is 4. The second kappa shape index (κ2) is 43.8. The summed E-state index contributed by atoms with van der Waals surface area (Å²) in [4.78, 5) is 91.8. The Morgan fingerprint density at radius 2 is 0.933 bits per heavy atom. The Bertz CT molecular complexity index is 2710. The number of amides is 7. The largest absolute Gasteiger partial charge is 0.492 e. The molecular weight excluding hydrogens is 1170 g/mol. The summed E-state index contributed by atoms with van der Waals surface area (Å²) < 4.78 is 12.1. The van der Waals surface area contributed by atoms with Crippen LogP contribution in [-0.2, 0) is 22.4 Å². The van der Waals surface area contributed by atoms with Crippen molar-refractivity contribution in [1.29, 1.82) is 0 Å². The fourth-order valence-corrected chi connectivity index (χ4v) is 8.38. The number of guanidine groups is 3. The predicted molar refractivity (Wildman–Crippen MR) is 349 cm³/mol. The standard InChI is InChI=1S/C56H96ClN25O7/c1-38(58)68-24-18-39-10-14-41(15-11-39)88-36-34-81(30-26-69-49(83)43(59)8-2-4-20-71-52(63)64)32-28-76-55(86)74-22-6-7-23-75-56(87)77-29-33-82(31-27-70-50(84)44(60)9-3-5-21-72-53(65)66)35-37-89-42-16-12-40(13-17-42)19-25-73-54(67)80-51(85)45-47(61)79-48(62)46(57)78-45/h10-17,43-44H,2-9,18-37,59-60H2,1H3,(H2,58,68)(H,69,83)(H,70,84)(H4,61,62,79)(H4,63,64,71)(H4,65,66,72)(H2,74,76,86)(H2,75,77,87)(H3,67,73,80,85)/t43-,44-/m1/s1. The van der Waals surface area contributed by atoms with Gasteiger partial charge in [0.25, 0.3) is 5.91 Å². The van der Waals surface area contributed by atoms with Gasteiger partial charge in [-0.1, -0.05) is 35.9 Å². The molecule has 7 amide bonds. The molecule has 3 rings (SSSR count). The molecule has 89 heavy (non-hydrogen) atoms. The number of carbonyl (C=O) groups is 5. The van der Waals surface area contributed by atoms with Gasteiger partial charge in [-0.25, -0.2) is 19.6 Å². The molecule has 1 aromatic heterocycles. The molecule has 0 aliphatic carbocycles. The first-order valence-corrected chi connectivity index (χ1v) is 30.1. The predicted octanol–water partition coefficient (Wildman–Crippen LogP) is -2.28. The van der Waals surface area contributed by atoms with Crippen LogP contribution in [0.2, 0.25) is 5.15 Å². The highest BCUT2D eigenvalue weighted by Gasteiger charge is 2.18. The summed E-state index contributed by atoms with van der Waals surface area (Å²) in [5.74, 6) is 0.204. The third-order valence-corrected chi connectivity index (χ3v) is 13.4. The fourth-order valence-electron chi connectivity index (χ4n) is 8.25. The lowest BCUT2D eigenvalue weighted by Gasteiger charge is -2.23. The van der Waals surface area contributed by atoms with Crippen molar-refractivity contribution in [2.24, 2.45) is 65.8 Å². The number of halogens is 1. The van der Waals surface area contributed by atoms with E-state index in [1.54, 1.807) is 6.92 Å². The molecule has 2 atom stereocenters. The van der Waals surface area contributed by atoms with E-state index in [-0.39, 0.29) is 70.8 Å². The summed E-state index contributed by atoms with van der Waals surface area (Å²) in [7, 11) is 0. The molecule has 494 valence electrons. The molecule has 32 nitrogen and oxygen atoms in total. The van der Waals surface area contributed by atoms with Gasteiger partial charge in [-0.05, 0) is 107 Å². The van der Waals surface area contributed by atoms with Crippen LogP contribution < -0.4 is 104 Å². The van der Waals surface area contributed by atoms with Crippen LogP contribution in [0.4, 0.5) is 21.2 Å². The average Bonchev–Trinajstić information content (AvgIpc) is 3.38. The number of hydrogen-bond donors (Lipinski definition) is 17. The van der Waals surface area contributed by atoms with Gasteiger partial charge in [0.05, 0.1) is 17.9 Å². The molecule has 33 heteroatoms. The molecule has 0 unspecified atom stereocenters. The zero-order chi connectivity index (χ0) is 65.2. The van der Waals surface area contributed by atoms with Gasteiger partial charge < -0.3 is 98.7 Å². The first-order chi connectivity index (χ1) is 42.7. The molecule has 1 heterocycles. The molecule has 27 N–H and O–H groups in total. The van der Waals surface area contributed by atoms with Crippen LogP contribution >= 0.6 is 11.6 Å². The summed E-state index contributed by atoms with van der Waals surface area (Å²) in [6.07, 6.45) is 6.22. The number of benzene rings is 2. The van der Waals surface area contributed by atoms with E-state index >= 15 is 0 Å². The van der Waals surface area contributed by atoms with Crippen LogP contribution in [0.15, 0.2) is 68.5 Å². The topological polar surface area (TPSA) is 530 Å². The number of nitrogens with two attached hydrogens (primary N) is 10. The van der Waals surface area contributed by atoms with Crippen LogP contribution in [-0.4, -0.2) is 203 Å². The Morgan fingerprint density at radius 1 is 0.517 bits per heavy atom. The zero-order valence-electron chi connectivity index (χ0n) is 51.2. The van der Waals surface area contributed by atoms with Crippen LogP contribution in [0, 0.1) is 0 Å². The minimum absolute atomic E-state index is 0.0136. The van der Waals surface area contributed by atoms with Gasteiger partial charge in [0, 0.05) is 105 Å². The molecule has 0 spiro atoms. The maximum absolute atomic E-state index is 12.8. The van der Waals surface area contributed by atoms with Gasteiger partial charge in [-0.2, -0.15) is 0 Å². The Labute approximate surface area is 525 Å². The smallest absolute Gasteiger partial charge is 0.314 e. The van der Waals surface area contributed by atoms with E-state index < -0.39 is 18.0 Å². The molecular formula is C56H96ClN25O7. The lowest BCUT2D eigenvalue weighted by Crippen LogP contribution is -2.46. The van der Waals surface area contributed by atoms with Crippen molar-refractivity contribution >= 4 is 76.7 Å². The van der Waals surface area contributed by atoms with Crippen LogP contribution in [0.25, 0.3) is 0 Å². The normalized spacial score (nSPS) is 12.1. The number of nitrogens with one attached hydrogen (secondary N) is 7. The van der Waals surface area contributed by atoms with Gasteiger partial charge in [0.2, 0.25) is 11.8 Å². The van der Waals surface area contributed by atoms with Gasteiger partial charge >= 0.3 is 12.1 Å². The van der Waals surface area contributed by atoms with E-state index in [4.69, 9.17) is 78.4 Å². The summed E-state index contributed by atoms with van der Waals surface area (Å²) >= 11 is 5.88. The lowest BCUT2D eigenvalue weighted by molar-refractivity contribution is -0.123. The first-order valence-electron chi connectivity index (χ1n) is 29.7. The second-order valence-corrected chi connectivity index (χ2v) is 20.9. The van der Waals surface area contributed by atoms with E-state index in [2.05, 4.69) is 72.1 Å². The Kier molecular flexibility index (Phi) is 36.7. The van der Waals surface area contributed by atoms with Crippen molar-refractivity contribution < 1.29 is 33.4 Å². The second-order valence-electron chi connectivity index (χ2n) is 20.5. The molecule has 0 saturated carbocycles. The summed E-state index contributed by atoms with van der Waals surface area (Å²) in [5.41, 5.74) is 58.5. The molecule has 0 radical (unpaired) electrons. The number of urea groups is 2. The van der Waals surface area contributed by atoms with Gasteiger partial charge in [0.1, 0.15) is 24.7 Å². The number of hydrogen-bond acceptors (Lipinski definition) is 19. The van der Waals surface area contributed by atoms with Crippen LogP contribution in [0.3, 0.4) is 0 Å². The molecule has 0 bridgehead atoms. The van der Waals surface area contributed by atoms with Crippen LogP contribution in [0.5, 0.6) is 11.5 Å². The minimum Gasteiger partial charge on any atom is -0.492 e. The molecule has 3 aromatic rings. The number of rotatable bonds is 44. The first kappa shape index (κ1) is 74.5. The molecule has 0 saturated heterocycles. The van der Waals surface area contributed by atoms with E-state index in [0.29, 0.717) is 187 Å². The quantitative estimate of drug-likeness (QED) is 0.0161. The van der Waals surface area contributed by atoms with Crippen molar-refractivity contribution in [3.63, 3.8) is 0 Å². The Balaban J connectivity index is 1.41. The number of unbranched alkanes of at least 4 members (excludes halogenated alkanes) is 3. The van der Waals surface area contributed by atoms with Gasteiger partial charge in [0.15, 0.2) is 40.4 Å². The minimum atomic E-state index is -0.737. The van der Waals surface area contributed by atoms with Crippen molar-refractivity contribution in [2.75, 3.05) is 129 Å². The van der Waals surface area contributed by atoms with Crippen molar-refractivity contribution in [1.82, 2.24) is 57.0 Å². The monoisotopic (exact) mass is 1270 g/mol. The van der Waals surface area contributed by atoms with E-state index in [0.717, 1.165) is 17.5 Å². The number of anilines is 2. The SMILES string of the molecule is CC(N)=NCCc1ccc(OCCN(CCNC(=O)NCCCCNC(=O)NCCN(CCNC(=O)[C@H](N)CCCCN=C(N)N)CCOc2ccc(CCN=C(N)NC(=O)c3nc(Cl)c(N)nc3N)cc2)CCNC(=O)[C@H](N)CCCCN=C(N)N)cc1. The van der Waals surface area contributed by atoms with E-state index in [1.807, 2.05) is 53.4 Å². The highest BCUT2D eigenvalue weighted by Crippen LogP contribution is 2.18. The third kappa shape index (κ3) is 35.0. The van der Waals surface area contributed by atoms with Crippen LogP contribution in [0.1, 0.15) is 79.9 Å². The zero-order valence-corrected chi connectivity index (χ0v) is 51.9. The number of aromatic nitrogens is 2. The van der Waals surface area contributed by atoms with Crippen molar-refractivity contribution in [3.8, 4) is 11.5 Å². The third-order valence-electron chi connectivity index (χ3n) is 13.2. The number of carbonyl (C=O) groups excluding carboxylic acids is 5. The molecule has 0 aliphatic rings. The average molecular weight is 1270 g/mol. The fraction of sp³-hybridized carbons (Fsp3) is 0.554. The molecule has 2 aromatic carbocycles. The summed E-state index contributed by atoms with van der Waals surface area (Å²) in [5, 5.41) is 19.6. The van der Waals surface area contributed by atoms with E-state index in [1.165, 1.54) is 0 Å². The highest BCUT2D eigenvalue weighted by atomic mass is 35.5. The number of nitrogen functional groups attached to an aromatic ring is 2. The maximum atomic E-state index is 12.8. The number of ether oxygens (including phenoxy) is 2. The van der Waals surface area contributed by atoms with Gasteiger partial charge in [-0.3, -0.25) is 49.5 Å². The van der Waals surface area contributed by atoms with Crippen molar-refractivity contribution in [2.45, 2.75) is 83.2 Å². The van der Waals surface area contributed by atoms with Gasteiger partial charge in [-0.15, -0.1) is 0 Å². The number of nitrogens with zero attached hydrogens (tertiary/aromatic N) is 8. The summed E-state index contributed by atoms with van der Waals surface area (Å²) in [6.45, 7) is 9.15. The highest BCUT2D eigenvalue weighted by molar-refractivity contribution is 6.31. The number of amidine groups is 1. The van der Waals surface area contributed by atoms with E-state index in [9.17, 15) is 24.0 Å². The Morgan fingerprint density at radius 3 is 1.36 bits per heavy atom. The maximum Gasteiger partial charge on any atom is 0.314 e. The molecule has 0 aliphatic heterocycles. The summed E-state index contributed by atoms with van der Waals surface area (Å²) in [6, 6.07) is 13.2. The Hall–Kier alpha value is -8.72. The lowest BCUT2D eigenvalue weighted by atomic mass is 10.1. The van der Waals surface area contributed by atoms with Crippen molar-refractivity contribution in [3.05, 3.63) is 70.5 Å². The molecule has 0 fully saturated rings.